The van der Waals surface area contributed by atoms with Gasteiger partial charge in [0.15, 0.2) is 0 Å². The molecule has 0 aromatic rings. The molecule has 0 aromatic heterocycles. The topological polar surface area (TPSA) is 52.6 Å². The molecule has 32 heavy (non-hydrogen) atoms. The van der Waals surface area contributed by atoms with Gasteiger partial charge >= 0.3 is 11.9 Å². The standard InChI is InChI=1S/C28H54O4/c1-6-8-9-10-11-12-13-14-15-16-17-18-19-20-21-22-23-26(29)32-25(3)24-31-27(30)28(4,5)7-2/h25H,6-24H2,1-5H3. The summed E-state index contributed by atoms with van der Waals surface area (Å²) < 4.78 is 10.6. The predicted molar refractivity (Wildman–Crippen MR) is 135 cm³/mol. The summed E-state index contributed by atoms with van der Waals surface area (Å²) in [5.74, 6) is -0.422. The summed E-state index contributed by atoms with van der Waals surface area (Å²) in [6.07, 6.45) is 21.9. The number of unbranched alkanes of at least 4 members (excludes halogenated alkanes) is 15. The molecule has 4 heteroatoms. The Morgan fingerprint density at radius 1 is 0.688 bits per heavy atom. The molecule has 0 radical (unpaired) electrons. The predicted octanol–water partition coefficient (Wildman–Crippen LogP) is 8.55. The zero-order chi connectivity index (χ0) is 24.1. The monoisotopic (exact) mass is 454 g/mol. The third-order valence-corrected chi connectivity index (χ3v) is 6.45. The number of hydrogen-bond donors (Lipinski definition) is 0. The summed E-state index contributed by atoms with van der Waals surface area (Å²) in [7, 11) is 0. The first-order chi connectivity index (χ1) is 15.3. The van der Waals surface area contributed by atoms with Crippen LogP contribution in [0, 0.1) is 5.41 Å². The van der Waals surface area contributed by atoms with E-state index in [0.29, 0.717) is 6.42 Å². The van der Waals surface area contributed by atoms with E-state index in [4.69, 9.17) is 9.47 Å². The van der Waals surface area contributed by atoms with E-state index >= 15 is 0 Å². The third-order valence-electron chi connectivity index (χ3n) is 6.45. The molecule has 0 aliphatic rings. The lowest BCUT2D eigenvalue weighted by atomic mass is 9.91. The van der Waals surface area contributed by atoms with Crippen LogP contribution in [0.25, 0.3) is 0 Å². The molecule has 0 aliphatic carbocycles. The summed E-state index contributed by atoms with van der Waals surface area (Å²) in [6, 6.07) is 0. The Kier molecular flexibility index (Phi) is 19.9. The van der Waals surface area contributed by atoms with Crippen LogP contribution in [0.15, 0.2) is 0 Å². The van der Waals surface area contributed by atoms with Crippen molar-refractivity contribution >= 4 is 11.9 Å². The quantitative estimate of drug-likeness (QED) is 0.121. The van der Waals surface area contributed by atoms with Gasteiger partial charge in [0.2, 0.25) is 0 Å². The lowest BCUT2D eigenvalue weighted by molar-refractivity contribution is -0.163. The second kappa shape index (κ2) is 20.5. The van der Waals surface area contributed by atoms with E-state index in [1.54, 1.807) is 6.92 Å². The summed E-state index contributed by atoms with van der Waals surface area (Å²) in [4.78, 5) is 23.9. The normalized spacial score (nSPS) is 12.5. The summed E-state index contributed by atoms with van der Waals surface area (Å²) in [5, 5.41) is 0. The molecule has 1 unspecified atom stereocenters. The van der Waals surface area contributed by atoms with E-state index in [1.165, 1.54) is 89.9 Å². The smallest absolute Gasteiger partial charge is 0.311 e. The first kappa shape index (κ1) is 30.9. The van der Waals surface area contributed by atoms with E-state index in [0.717, 1.165) is 19.3 Å². The van der Waals surface area contributed by atoms with Crippen LogP contribution >= 0.6 is 0 Å². The van der Waals surface area contributed by atoms with Crippen LogP contribution in [-0.4, -0.2) is 24.6 Å². The second-order valence-electron chi connectivity index (χ2n) is 10.2. The Balaban J connectivity index is 3.43. The molecule has 0 spiro atoms. The molecule has 0 aromatic carbocycles. The number of ether oxygens (including phenoxy) is 2. The van der Waals surface area contributed by atoms with E-state index in [-0.39, 0.29) is 24.6 Å². The number of hydrogen-bond acceptors (Lipinski definition) is 4. The largest absolute Gasteiger partial charge is 0.461 e. The lowest BCUT2D eigenvalue weighted by Gasteiger charge is -2.22. The van der Waals surface area contributed by atoms with Crippen molar-refractivity contribution in [2.24, 2.45) is 5.41 Å². The van der Waals surface area contributed by atoms with Crippen LogP contribution in [-0.2, 0) is 19.1 Å². The molecule has 0 saturated heterocycles. The minimum Gasteiger partial charge on any atom is -0.461 e. The van der Waals surface area contributed by atoms with Crippen LogP contribution in [0.1, 0.15) is 150 Å². The third kappa shape index (κ3) is 18.5. The first-order valence-electron chi connectivity index (χ1n) is 13.7. The molecule has 0 bridgehead atoms. The van der Waals surface area contributed by atoms with Crippen molar-refractivity contribution in [2.75, 3.05) is 6.61 Å². The maximum atomic E-state index is 12.0. The molecular formula is C28H54O4. The molecule has 0 aliphatic heterocycles. The molecule has 0 N–H and O–H groups in total. The van der Waals surface area contributed by atoms with Gasteiger partial charge in [-0.25, -0.2) is 0 Å². The molecule has 0 rings (SSSR count). The summed E-state index contributed by atoms with van der Waals surface area (Å²) >= 11 is 0. The van der Waals surface area contributed by atoms with E-state index in [9.17, 15) is 9.59 Å². The van der Waals surface area contributed by atoms with Crippen molar-refractivity contribution in [1.29, 1.82) is 0 Å². The van der Waals surface area contributed by atoms with Crippen molar-refractivity contribution in [3.05, 3.63) is 0 Å². The maximum Gasteiger partial charge on any atom is 0.311 e. The Bertz CT molecular complexity index is 458. The molecular weight excluding hydrogens is 400 g/mol. The van der Waals surface area contributed by atoms with Crippen LogP contribution in [0.3, 0.4) is 0 Å². The van der Waals surface area contributed by atoms with E-state index < -0.39 is 5.41 Å². The van der Waals surface area contributed by atoms with Crippen molar-refractivity contribution in [2.45, 2.75) is 156 Å². The SMILES string of the molecule is CCCCCCCCCCCCCCCCCCC(=O)OC(C)COC(=O)C(C)(C)CC. The van der Waals surface area contributed by atoms with Crippen molar-refractivity contribution in [3.8, 4) is 0 Å². The highest BCUT2D eigenvalue weighted by atomic mass is 16.6. The minimum absolute atomic E-state index is 0.132. The highest BCUT2D eigenvalue weighted by Crippen LogP contribution is 2.21. The van der Waals surface area contributed by atoms with Gasteiger partial charge in [0.05, 0.1) is 5.41 Å². The highest BCUT2D eigenvalue weighted by molar-refractivity contribution is 5.75. The molecule has 0 fully saturated rings. The number of esters is 2. The molecule has 190 valence electrons. The number of carbonyl (C=O) groups excluding carboxylic acids is 2. The molecule has 0 amide bonds. The van der Waals surface area contributed by atoms with Crippen LogP contribution in [0.4, 0.5) is 0 Å². The fraction of sp³-hybridized carbons (Fsp3) is 0.929. The zero-order valence-electron chi connectivity index (χ0n) is 22.1. The van der Waals surface area contributed by atoms with Gasteiger partial charge in [-0.3, -0.25) is 9.59 Å². The highest BCUT2D eigenvalue weighted by Gasteiger charge is 2.27. The summed E-state index contributed by atoms with van der Waals surface area (Å²) in [5.41, 5.74) is -0.489. The zero-order valence-corrected chi connectivity index (χ0v) is 22.1. The fourth-order valence-electron chi connectivity index (χ4n) is 3.67. The molecule has 1 atom stereocenters. The number of carbonyl (C=O) groups is 2. The van der Waals surface area contributed by atoms with Gasteiger partial charge in [0.1, 0.15) is 12.7 Å². The van der Waals surface area contributed by atoms with E-state index in [1.807, 2.05) is 20.8 Å². The second-order valence-corrected chi connectivity index (χ2v) is 10.2. The van der Waals surface area contributed by atoms with E-state index in [2.05, 4.69) is 6.92 Å². The minimum atomic E-state index is -0.489. The van der Waals surface area contributed by atoms with Gasteiger partial charge in [0, 0.05) is 6.42 Å². The van der Waals surface area contributed by atoms with Crippen molar-refractivity contribution in [3.63, 3.8) is 0 Å². The van der Waals surface area contributed by atoms with Gasteiger partial charge in [-0.05, 0) is 33.6 Å². The molecule has 0 saturated carbocycles. The maximum absolute atomic E-state index is 12.0. The van der Waals surface area contributed by atoms with Gasteiger partial charge < -0.3 is 9.47 Å². The first-order valence-corrected chi connectivity index (χ1v) is 13.7. The molecule has 0 heterocycles. The van der Waals surface area contributed by atoms with Crippen LogP contribution < -0.4 is 0 Å². The van der Waals surface area contributed by atoms with Gasteiger partial charge in [-0.15, -0.1) is 0 Å². The fourth-order valence-corrected chi connectivity index (χ4v) is 3.67. The Morgan fingerprint density at radius 2 is 1.09 bits per heavy atom. The van der Waals surface area contributed by atoms with Gasteiger partial charge in [0.25, 0.3) is 0 Å². The van der Waals surface area contributed by atoms with Gasteiger partial charge in [-0.2, -0.15) is 0 Å². The lowest BCUT2D eigenvalue weighted by Crippen LogP contribution is -2.30. The van der Waals surface area contributed by atoms with Crippen molar-refractivity contribution < 1.29 is 19.1 Å². The van der Waals surface area contributed by atoms with Crippen LogP contribution in [0.2, 0.25) is 0 Å². The Labute approximate surface area is 199 Å². The van der Waals surface area contributed by atoms with Gasteiger partial charge in [-0.1, -0.05) is 110 Å². The average molecular weight is 455 g/mol. The summed E-state index contributed by atoms with van der Waals surface area (Å²) in [6.45, 7) is 9.87. The average Bonchev–Trinajstić information content (AvgIpc) is 2.77. The van der Waals surface area contributed by atoms with Crippen LogP contribution in [0.5, 0.6) is 0 Å². The Morgan fingerprint density at radius 3 is 1.50 bits per heavy atom. The molecule has 4 nitrogen and oxygen atoms in total. The Hall–Kier alpha value is -1.06. The number of rotatable bonds is 22. The van der Waals surface area contributed by atoms with Crippen molar-refractivity contribution in [1.82, 2.24) is 0 Å².